The molecule has 1 aliphatic heterocycles. The molecule has 0 radical (unpaired) electrons. The highest BCUT2D eigenvalue weighted by atomic mass is 16.5. The van der Waals surface area contributed by atoms with Crippen LogP contribution in [0.2, 0.25) is 0 Å². The lowest BCUT2D eigenvalue weighted by molar-refractivity contribution is -0.128. The molecular weight excluding hydrogens is 264 g/mol. The molecule has 2 rings (SSSR count). The third-order valence-corrected chi connectivity index (χ3v) is 3.90. The van der Waals surface area contributed by atoms with Gasteiger partial charge in [-0.3, -0.25) is 4.79 Å². The zero-order valence-electron chi connectivity index (χ0n) is 13.2. The quantitative estimate of drug-likeness (QED) is 0.876. The van der Waals surface area contributed by atoms with Crippen molar-refractivity contribution in [2.75, 3.05) is 13.1 Å². The second kappa shape index (κ2) is 7.46. The van der Waals surface area contributed by atoms with Gasteiger partial charge in [-0.15, -0.1) is 0 Å². The number of carbonyl (C=O) groups excluding carboxylic acids is 1. The molecular formula is C17H26N2O2. The van der Waals surface area contributed by atoms with E-state index >= 15 is 0 Å². The fraction of sp³-hybridized carbons (Fsp3) is 0.588. The van der Waals surface area contributed by atoms with Gasteiger partial charge in [0, 0.05) is 6.04 Å². The van der Waals surface area contributed by atoms with E-state index in [0.29, 0.717) is 5.92 Å². The van der Waals surface area contributed by atoms with Crippen LogP contribution in [0.25, 0.3) is 0 Å². The lowest BCUT2D eigenvalue weighted by Gasteiger charge is -2.26. The molecule has 1 aliphatic rings. The van der Waals surface area contributed by atoms with E-state index in [1.54, 1.807) is 0 Å². The molecule has 116 valence electrons. The zero-order chi connectivity index (χ0) is 15.2. The van der Waals surface area contributed by atoms with E-state index < -0.39 is 6.10 Å². The smallest absolute Gasteiger partial charge is 0.260 e. The van der Waals surface area contributed by atoms with E-state index in [9.17, 15) is 4.79 Å². The van der Waals surface area contributed by atoms with Crippen molar-refractivity contribution in [2.45, 2.75) is 51.7 Å². The number of piperidine rings is 1. The minimum atomic E-state index is -0.472. The predicted molar refractivity (Wildman–Crippen MR) is 84.7 cm³/mol. The third kappa shape index (κ3) is 4.46. The molecule has 1 aromatic rings. The zero-order valence-corrected chi connectivity index (χ0v) is 13.2. The molecule has 1 amide bonds. The van der Waals surface area contributed by atoms with E-state index in [2.05, 4.69) is 30.5 Å². The number of benzene rings is 1. The molecule has 0 aliphatic carbocycles. The first-order valence-corrected chi connectivity index (χ1v) is 7.84. The van der Waals surface area contributed by atoms with E-state index in [1.807, 2.05) is 25.1 Å². The molecule has 0 saturated carbocycles. The highest BCUT2D eigenvalue weighted by Gasteiger charge is 2.21. The van der Waals surface area contributed by atoms with E-state index in [0.717, 1.165) is 37.2 Å². The summed E-state index contributed by atoms with van der Waals surface area (Å²) in [5, 5.41) is 6.38. The minimum absolute atomic E-state index is 0.0274. The van der Waals surface area contributed by atoms with Crippen LogP contribution < -0.4 is 15.4 Å². The van der Waals surface area contributed by atoms with E-state index in [4.69, 9.17) is 4.74 Å². The Kier molecular flexibility index (Phi) is 5.62. The molecule has 0 spiro atoms. The largest absolute Gasteiger partial charge is 0.481 e. The van der Waals surface area contributed by atoms with Gasteiger partial charge in [0.25, 0.3) is 5.91 Å². The molecule has 4 heteroatoms. The van der Waals surface area contributed by atoms with Crippen LogP contribution in [0.5, 0.6) is 5.75 Å². The summed E-state index contributed by atoms with van der Waals surface area (Å²) in [6, 6.07) is 8.20. The molecule has 21 heavy (non-hydrogen) atoms. The van der Waals surface area contributed by atoms with Gasteiger partial charge in [0.2, 0.25) is 0 Å². The predicted octanol–water partition coefficient (Wildman–Crippen LogP) is 2.45. The van der Waals surface area contributed by atoms with Crippen molar-refractivity contribution in [2.24, 2.45) is 0 Å². The maximum Gasteiger partial charge on any atom is 0.260 e. The second-order valence-electron chi connectivity index (χ2n) is 5.99. The van der Waals surface area contributed by atoms with Crippen molar-refractivity contribution < 1.29 is 9.53 Å². The van der Waals surface area contributed by atoms with Crippen molar-refractivity contribution in [3.63, 3.8) is 0 Å². The van der Waals surface area contributed by atoms with Crippen LogP contribution in [-0.4, -0.2) is 31.1 Å². The number of carbonyl (C=O) groups is 1. The van der Waals surface area contributed by atoms with Crippen LogP contribution >= 0.6 is 0 Å². The van der Waals surface area contributed by atoms with Gasteiger partial charge in [-0.2, -0.15) is 0 Å². The first-order valence-electron chi connectivity index (χ1n) is 7.84. The third-order valence-electron chi connectivity index (χ3n) is 3.90. The van der Waals surface area contributed by atoms with Gasteiger partial charge in [-0.05, 0) is 50.4 Å². The number of nitrogens with one attached hydrogen (secondary N) is 2. The van der Waals surface area contributed by atoms with Gasteiger partial charge in [-0.1, -0.05) is 32.0 Å². The highest BCUT2D eigenvalue weighted by Crippen LogP contribution is 2.26. The maximum absolute atomic E-state index is 12.2. The number of hydrogen-bond acceptors (Lipinski definition) is 3. The normalized spacial score (nSPS) is 17.5. The Hall–Kier alpha value is -1.55. The van der Waals surface area contributed by atoms with E-state index in [-0.39, 0.29) is 11.9 Å². The van der Waals surface area contributed by atoms with Gasteiger partial charge in [0.1, 0.15) is 5.75 Å². The number of para-hydroxylation sites is 1. The van der Waals surface area contributed by atoms with Gasteiger partial charge in [0.05, 0.1) is 0 Å². The second-order valence-corrected chi connectivity index (χ2v) is 5.99. The molecule has 0 aromatic heterocycles. The summed E-state index contributed by atoms with van der Waals surface area (Å²) in [4.78, 5) is 12.2. The van der Waals surface area contributed by atoms with Crippen molar-refractivity contribution in [1.82, 2.24) is 10.6 Å². The standard InChI is InChI=1S/C17H26N2O2/c1-12(2)15-6-4-5-7-16(15)21-13(3)17(20)19-14-8-10-18-11-9-14/h4-7,12-14,18H,8-11H2,1-3H3,(H,19,20). The Morgan fingerprint density at radius 1 is 1.24 bits per heavy atom. The summed E-state index contributed by atoms with van der Waals surface area (Å²) in [7, 11) is 0. The van der Waals surface area contributed by atoms with Crippen LogP contribution in [0.4, 0.5) is 0 Å². The summed E-state index contributed by atoms with van der Waals surface area (Å²) in [5.74, 6) is 1.15. The fourth-order valence-electron chi connectivity index (χ4n) is 2.59. The van der Waals surface area contributed by atoms with Gasteiger partial charge in [0.15, 0.2) is 6.10 Å². The number of hydrogen-bond donors (Lipinski definition) is 2. The molecule has 2 N–H and O–H groups in total. The average molecular weight is 290 g/mol. The molecule has 0 bridgehead atoms. The molecule has 1 saturated heterocycles. The summed E-state index contributed by atoms with van der Waals surface area (Å²) < 4.78 is 5.88. The van der Waals surface area contributed by atoms with Gasteiger partial charge < -0.3 is 15.4 Å². The van der Waals surface area contributed by atoms with Crippen molar-refractivity contribution in [3.05, 3.63) is 29.8 Å². The Labute approximate surface area is 127 Å². The monoisotopic (exact) mass is 290 g/mol. The summed E-state index contributed by atoms with van der Waals surface area (Å²) in [5.41, 5.74) is 1.14. The van der Waals surface area contributed by atoms with E-state index in [1.165, 1.54) is 0 Å². The molecule has 1 heterocycles. The average Bonchev–Trinajstić information content (AvgIpc) is 2.48. The first-order chi connectivity index (χ1) is 10.1. The number of rotatable bonds is 5. The van der Waals surface area contributed by atoms with Crippen LogP contribution in [0.1, 0.15) is 45.1 Å². The highest BCUT2D eigenvalue weighted by molar-refractivity contribution is 5.81. The van der Waals surface area contributed by atoms with Crippen LogP contribution in [0.15, 0.2) is 24.3 Å². The maximum atomic E-state index is 12.2. The lowest BCUT2D eigenvalue weighted by atomic mass is 10.0. The molecule has 1 fully saturated rings. The van der Waals surface area contributed by atoms with Gasteiger partial charge >= 0.3 is 0 Å². The number of ether oxygens (including phenoxy) is 1. The van der Waals surface area contributed by atoms with Gasteiger partial charge in [-0.25, -0.2) is 0 Å². The first kappa shape index (κ1) is 15.8. The SMILES string of the molecule is CC(Oc1ccccc1C(C)C)C(=O)NC1CCNCC1. The molecule has 1 atom stereocenters. The topological polar surface area (TPSA) is 50.4 Å². The van der Waals surface area contributed by atoms with Crippen LogP contribution in [-0.2, 0) is 4.79 Å². The summed E-state index contributed by atoms with van der Waals surface area (Å²) >= 11 is 0. The van der Waals surface area contributed by atoms with Crippen molar-refractivity contribution in [1.29, 1.82) is 0 Å². The summed E-state index contributed by atoms with van der Waals surface area (Å²) in [6.45, 7) is 8.00. The fourth-order valence-corrected chi connectivity index (χ4v) is 2.59. The van der Waals surface area contributed by atoms with Crippen molar-refractivity contribution in [3.8, 4) is 5.75 Å². The molecule has 4 nitrogen and oxygen atoms in total. The number of amides is 1. The van der Waals surface area contributed by atoms with Crippen LogP contribution in [0.3, 0.4) is 0 Å². The Balaban J connectivity index is 1.94. The minimum Gasteiger partial charge on any atom is -0.481 e. The summed E-state index contributed by atoms with van der Waals surface area (Å²) in [6.07, 6.45) is 1.50. The Bertz CT molecular complexity index is 468. The van der Waals surface area contributed by atoms with Crippen LogP contribution in [0, 0.1) is 0 Å². The molecule has 1 unspecified atom stereocenters. The Morgan fingerprint density at radius 3 is 2.57 bits per heavy atom. The lowest BCUT2D eigenvalue weighted by Crippen LogP contribution is -2.47. The van der Waals surface area contributed by atoms with Crippen molar-refractivity contribution >= 4 is 5.91 Å². The Morgan fingerprint density at radius 2 is 1.90 bits per heavy atom. The molecule has 1 aromatic carbocycles.